The maximum absolute atomic E-state index is 12.0. The van der Waals surface area contributed by atoms with Gasteiger partial charge in [0, 0.05) is 13.1 Å². The Kier molecular flexibility index (Phi) is 5.40. The van der Waals surface area contributed by atoms with Crippen LogP contribution in [0.25, 0.3) is 11.1 Å². The molecule has 0 atom stereocenters. The molecule has 1 amide bonds. The second-order valence-corrected chi connectivity index (χ2v) is 6.80. The Morgan fingerprint density at radius 1 is 1.32 bits per heavy atom. The lowest BCUT2D eigenvalue weighted by molar-refractivity contribution is 0.0946. The minimum absolute atomic E-state index is 0.237. The van der Waals surface area contributed by atoms with Crippen LogP contribution < -0.4 is 5.32 Å². The summed E-state index contributed by atoms with van der Waals surface area (Å²) in [4.78, 5) is 22.7. The highest BCUT2D eigenvalue weighted by Crippen LogP contribution is 2.27. The number of rotatable bonds is 7. The summed E-state index contributed by atoms with van der Waals surface area (Å²) in [6.07, 6.45) is 1.37. The number of hydrogen-bond donors (Lipinski definition) is 1. The van der Waals surface area contributed by atoms with Crippen LogP contribution in [-0.2, 0) is 5.75 Å². The molecule has 3 aromatic rings. The molecule has 2 heterocycles. The molecule has 0 aliphatic heterocycles. The third kappa shape index (κ3) is 4.40. The number of likely N-dealkylation sites (N-methyl/N-ethyl adjacent to an activating group) is 1. The Morgan fingerprint density at radius 3 is 2.92 bits per heavy atom. The van der Waals surface area contributed by atoms with Gasteiger partial charge in [-0.15, -0.1) is 0 Å². The number of carbonyl (C=O) groups excluding carboxylic acids is 1. The number of benzene rings is 1. The van der Waals surface area contributed by atoms with Crippen LogP contribution in [0.1, 0.15) is 21.9 Å². The predicted molar refractivity (Wildman–Crippen MR) is 95.7 cm³/mol. The second kappa shape index (κ2) is 7.71. The number of fused-ring (bicyclic) bond motifs is 1. The van der Waals surface area contributed by atoms with Crippen molar-refractivity contribution in [1.29, 1.82) is 0 Å². The van der Waals surface area contributed by atoms with E-state index in [1.165, 1.54) is 18.0 Å². The average molecular weight is 360 g/mol. The van der Waals surface area contributed by atoms with Crippen LogP contribution in [0, 0.1) is 6.92 Å². The van der Waals surface area contributed by atoms with E-state index in [1.807, 2.05) is 44.1 Å². The number of carbonyl (C=O) groups is 1. The van der Waals surface area contributed by atoms with Gasteiger partial charge in [0.05, 0.1) is 5.75 Å². The molecule has 25 heavy (non-hydrogen) atoms. The molecule has 0 saturated heterocycles. The van der Waals surface area contributed by atoms with E-state index in [2.05, 4.69) is 15.3 Å². The van der Waals surface area contributed by atoms with E-state index < -0.39 is 0 Å². The standard InChI is InChI=1S/C17H20N4O3S/c1-11-5-4-6-13-15(11)20-17(24-13)25-10-14-19-12(9-23-14)16(22)18-7-8-21(2)3/h4-6,9H,7-8,10H2,1-3H3,(H,18,22). The van der Waals surface area contributed by atoms with Gasteiger partial charge in [0.1, 0.15) is 11.8 Å². The molecule has 2 aromatic heterocycles. The lowest BCUT2D eigenvalue weighted by atomic mass is 10.2. The first kappa shape index (κ1) is 17.5. The Hall–Kier alpha value is -2.32. The quantitative estimate of drug-likeness (QED) is 0.649. The largest absolute Gasteiger partial charge is 0.447 e. The normalized spacial score (nSPS) is 11.4. The van der Waals surface area contributed by atoms with Gasteiger partial charge in [-0.2, -0.15) is 0 Å². The van der Waals surface area contributed by atoms with E-state index >= 15 is 0 Å². The third-order valence-corrected chi connectivity index (χ3v) is 4.36. The number of para-hydroxylation sites is 1. The molecule has 0 unspecified atom stereocenters. The molecule has 0 spiro atoms. The van der Waals surface area contributed by atoms with Gasteiger partial charge in [0.2, 0.25) is 5.89 Å². The summed E-state index contributed by atoms with van der Waals surface area (Å²) in [6, 6.07) is 5.82. The summed E-state index contributed by atoms with van der Waals surface area (Å²) >= 11 is 1.38. The van der Waals surface area contributed by atoms with Crippen molar-refractivity contribution in [3.8, 4) is 0 Å². The second-order valence-electron chi connectivity index (χ2n) is 5.88. The van der Waals surface area contributed by atoms with Crippen LogP contribution in [0.3, 0.4) is 0 Å². The van der Waals surface area contributed by atoms with Crippen LogP contribution >= 0.6 is 11.8 Å². The first-order valence-corrected chi connectivity index (χ1v) is 8.88. The zero-order valence-corrected chi connectivity index (χ0v) is 15.2. The highest BCUT2D eigenvalue weighted by atomic mass is 32.2. The fraction of sp³-hybridized carbons (Fsp3) is 0.353. The highest BCUT2D eigenvalue weighted by Gasteiger charge is 2.14. The molecular weight excluding hydrogens is 340 g/mol. The van der Waals surface area contributed by atoms with Gasteiger partial charge in [0.25, 0.3) is 11.1 Å². The lowest BCUT2D eigenvalue weighted by Gasteiger charge is -2.09. The summed E-state index contributed by atoms with van der Waals surface area (Å²) in [5, 5.41) is 3.36. The van der Waals surface area contributed by atoms with Gasteiger partial charge >= 0.3 is 0 Å². The molecule has 0 radical (unpaired) electrons. The molecule has 7 nitrogen and oxygen atoms in total. The number of thioether (sulfide) groups is 1. The fourth-order valence-corrected chi connectivity index (χ4v) is 2.90. The van der Waals surface area contributed by atoms with E-state index in [1.54, 1.807) is 0 Å². The lowest BCUT2D eigenvalue weighted by Crippen LogP contribution is -2.31. The minimum Gasteiger partial charge on any atom is -0.447 e. The van der Waals surface area contributed by atoms with Crippen LogP contribution in [0.2, 0.25) is 0 Å². The van der Waals surface area contributed by atoms with E-state index in [0.717, 1.165) is 23.2 Å². The summed E-state index contributed by atoms with van der Waals surface area (Å²) in [5.74, 6) is 0.665. The molecule has 0 saturated carbocycles. The van der Waals surface area contributed by atoms with Crippen molar-refractivity contribution < 1.29 is 13.6 Å². The van der Waals surface area contributed by atoms with Crippen molar-refractivity contribution in [2.24, 2.45) is 0 Å². The molecule has 132 valence electrons. The zero-order chi connectivity index (χ0) is 17.8. The molecule has 1 N–H and O–H groups in total. The van der Waals surface area contributed by atoms with Crippen LogP contribution in [0.5, 0.6) is 0 Å². The minimum atomic E-state index is -0.237. The third-order valence-electron chi connectivity index (χ3n) is 3.55. The van der Waals surface area contributed by atoms with E-state index in [0.29, 0.717) is 23.4 Å². The van der Waals surface area contributed by atoms with E-state index in [4.69, 9.17) is 8.83 Å². The van der Waals surface area contributed by atoms with Gasteiger partial charge in [-0.1, -0.05) is 23.9 Å². The van der Waals surface area contributed by atoms with Gasteiger partial charge in [-0.3, -0.25) is 4.79 Å². The van der Waals surface area contributed by atoms with Crippen LogP contribution in [-0.4, -0.2) is 48.0 Å². The topological polar surface area (TPSA) is 84.4 Å². The Morgan fingerprint density at radius 2 is 2.16 bits per heavy atom. The molecule has 8 heteroatoms. The highest BCUT2D eigenvalue weighted by molar-refractivity contribution is 7.98. The number of hydrogen-bond acceptors (Lipinski definition) is 7. The smallest absolute Gasteiger partial charge is 0.273 e. The summed E-state index contributed by atoms with van der Waals surface area (Å²) in [5.41, 5.74) is 2.97. The number of oxazole rings is 2. The van der Waals surface area contributed by atoms with Gasteiger partial charge in [-0.05, 0) is 32.6 Å². The molecule has 0 aliphatic carbocycles. The summed E-state index contributed by atoms with van der Waals surface area (Å²) < 4.78 is 11.1. The zero-order valence-electron chi connectivity index (χ0n) is 14.4. The van der Waals surface area contributed by atoms with Crippen molar-refractivity contribution in [2.45, 2.75) is 17.9 Å². The summed E-state index contributed by atoms with van der Waals surface area (Å²) in [7, 11) is 3.90. The number of amides is 1. The van der Waals surface area contributed by atoms with Gasteiger partial charge in [-0.25, -0.2) is 9.97 Å². The van der Waals surface area contributed by atoms with Crippen molar-refractivity contribution in [3.63, 3.8) is 0 Å². The molecule has 0 aliphatic rings. The maximum Gasteiger partial charge on any atom is 0.273 e. The van der Waals surface area contributed by atoms with Crippen LogP contribution in [0.4, 0.5) is 0 Å². The van der Waals surface area contributed by atoms with Gasteiger partial charge < -0.3 is 19.1 Å². The number of nitrogens with one attached hydrogen (secondary N) is 1. The van der Waals surface area contributed by atoms with Crippen molar-refractivity contribution in [1.82, 2.24) is 20.2 Å². The Labute approximate surface area is 149 Å². The first-order chi connectivity index (χ1) is 12.0. The van der Waals surface area contributed by atoms with Crippen molar-refractivity contribution in [3.05, 3.63) is 41.6 Å². The number of nitrogens with zero attached hydrogens (tertiary/aromatic N) is 3. The fourth-order valence-electron chi connectivity index (χ4n) is 2.22. The Balaban J connectivity index is 1.57. The molecule has 0 bridgehead atoms. The van der Waals surface area contributed by atoms with E-state index in [-0.39, 0.29) is 11.6 Å². The Bertz CT molecular complexity index is 872. The monoisotopic (exact) mass is 360 g/mol. The number of aryl methyl sites for hydroxylation is 1. The maximum atomic E-state index is 12.0. The van der Waals surface area contributed by atoms with Gasteiger partial charge in [0.15, 0.2) is 11.3 Å². The average Bonchev–Trinajstić information content (AvgIpc) is 3.20. The van der Waals surface area contributed by atoms with Crippen LogP contribution in [0.15, 0.2) is 38.5 Å². The SMILES string of the molecule is Cc1cccc2oc(SCc3nc(C(=O)NCCN(C)C)co3)nc12. The van der Waals surface area contributed by atoms with Crippen molar-refractivity contribution in [2.75, 3.05) is 27.2 Å². The molecule has 3 rings (SSSR count). The summed E-state index contributed by atoms with van der Waals surface area (Å²) in [6.45, 7) is 3.32. The van der Waals surface area contributed by atoms with E-state index in [9.17, 15) is 4.79 Å². The molecular formula is C17H20N4O3S. The molecule has 0 fully saturated rings. The first-order valence-electron chi connectivity index (χ1n) is 7.89. The number of aromatic nitrogens is 2. The van der Waals surface area contributed by atoms with Crippen molar-refractivity contribution >= 4 is 28.8 Å². The predicted octanol–water partition coefficient (Wildman–Crippen LogP) is 2.71. The molecule has 1 aromatic carbocycles.